The first-order valence-electron chi connectivity index (χ1n) is 8.47. The molecule has 2 fully saturated rings. The highest BCUT2D eigenvalue weighted by Gasteiger charge is 2.48. The van der Waals surface area contributed by atoms with Gasteiger partial charge in [-0.25, -0.2) is 0 Å². The number of aromatic nitrogens is 1. The van der Waals surface area contributed by atoms with E-state index in [0.717, 1.165) is 56.8 Å². The Bertz CT molecular complexity index is 557. The Balaban J connectivity index is 1.69. The van der Waals surface area contributed by atoms with Crippen molar-refractivity contribution in [3.05, 3.63) is 29.6 Å². The molecule has 1 spiro atoms. The molecule has 22 heavy (non-hydrogen) atoms. The number of hydrogen-bond acceptors (Lipinski definition) is 3. The number of pyridine rings is 1. The lowest BCUT2D eigenvalue weighted by molar-refractivity contribution is -0.138. The molecule has 1 amide bonds. The second-order valence-corrected chi connectivity index (χ2v) is 7.20. The van der Waals surface area contributed by atoms with Gasteiger partial charge in [-0.3, -0.25) is 14.7 Å². The molecule has 0 unspecified atom stereocenters. The first kappa shape index (κ1) is 15.5. The topological polar surface area (TPSA) is 36.4 Å². The monoisotopic (exact) mass is 301 g/mol. The normalized spacial score (nSPS) is 25.5. The van der Waals surface area contributed by atoms with Crippen LogP contribution in [0, 0.1) is 12.8 Å². The van der Waals surface area contributed by atoms with E-state index in [0.29, 0.717) is 5.91 Å². The lowest BCUT2D eigenvalue weighted by Gasteiger charge is -2.36. The van der Waals surface area contributed by atoms with Crippen molar-refractivity contribution in [1.82, 2.24) is 14.8 Å². The molecular formula is C18H27N3O. The van der Waals surface area contributed by atoms with Crippen LogP contribution >= 0.6 is 0 Å². The second kappa shape index (κ2) is 5.99. The summed E-state index contributed by atoms with van der Waals surface area (Å²) in [5, 5.41) is 0. The molecule has 1 aromatic heterocycles. The van der Waals surface area contributed by atoms with E-state index >= 15 is 0 Å². The van der Waals surface area contributed by atoms with Gasteiger partial charge in [0, 0.05) is 37.8 Å². The first-order valence-corrected chi connectivity index (χ1v) is 8.47. The van der Waals surface area contributed by atoms with E-state index in [2.05, 4.69) is 26.9 Å². The van der Waals surface area contributed by atoms with E-state index in [1.54, 1.807) is 0 Å². The van der Waals surface area contributed by atoms with Crippen LogP contribution in [0.1, 0.15) is 44.5 Å². The van der Waals surface area contributed by atoms with Crippen LogP contribution in [0.3, 0.4) is 0 Å². The Labute approximate surface area is 133 Å². The van der Waals surface area contributed by atoms with Gasteiger partial charge in [0.25, 0.3) is 0 Å². The third kappa shape index (κ3) is 2.89. The SMILES string of the molecule is Cc1cccc(CN2CC[C@]3(CCCN3C(=O)C(C)C)C2)n1. The fraction of sp³-hybridized carbons (Fsp3) is 0.667. The molecule has 0 N–H and O–H groups in total. The third-order valence-corrected chi connectivity index (χ3v) is 5.10. The Morgan fingerprint density at radius 3 is 2.86 bits per heavy atom. The zero-order valence-corrected chi connectivity index (χ0v) is 14.0. The molecule has 4 nitrogen and oxygen atoms in total. The zero-order valence-electron chi connectivity index (χ0n) is 14.0. The van der Waals surface area contributed by atoms with Crippen molar-refractivity contribution >= 4 is 5.91 Å². The summed E-state index contributed by atoms with van der Waals surface area (Å²) in [4.78, 5) is 21.8. The molecule has 0 radical (unpaired) electrons. The van der Waals surface area contributed by atoms with E-state index < -0.39 is 0 Å². The molecule has 3 heterocycles. The summed E-state index contributed by atoms with van der Waals surface area (Å²) >= 11 is 0. The maximum Gasteiger partial charge on any atom is 0.225 e. The summed E-state index contributed by atoms with van der Waals surface area (Å²) in [6.07, 6.45) is 3.41. The van der Waals surface area contributed by atoms with Gasteiger partial charge >= 0.3 is 0 Å². The minimum absolute atomic E-state index is 0.0885. The molecule has 0 bridgehead atoms. The van der Waals surface area contributed by atoms with Crippen LogP contribution < -0.4 is 0 Å². The van der Waals surface area contributed by atoms with Crippen LogP contribution in [0.4, 0.5) is 0 Å². The molecule has 1 atom stereocenters. The van der Waals surface area contributed by atoms with Gasteiger partial charge in [-0.1, -0.05) is 19.9 Å². The predicted molar refractivity (Wildman–Crippen MR) is 87.4 cm³/mol. The quantitative estimate of drug-likeness (QED) is 0.861. The summed E-state index contributed by atoms with van der Waals surface area (Å²) in [5.41, 5.74) is 2.30. The van der Waals surface area contributed by atoms with Crippen LogP contribution in [-0.2, 0) is 11.3 Å². The van der Waals surface area contributed by atoms with Crippen LogP contribution in [0.15, 0.2) is 18.2 Å². The highest BCUT2D eigenvalue weighted by molar-refractivity contribution is 5.79. The maximum absolute atomic E-state index is 12.5. The molecule has 1 aromatic rings. The number of carbonyl (C=O) groups excluding carboxylic acids is 1. The number of hydrogen-bond donors (Lipinski definition) is 0. The minimum atomic E-state index is 0.0885. The van der Waals surface area contributed by atoms with E-state index in [9.17, 15) is 4.79 Å². The van der Waals surface area contributed by atoms with Crippen LogP contribution in [0.2, 0.25) is 0 Å². The Hall–Kier alpha value is -1.42. The number of amides is 1. The van der Waals surface area contributed by atoms with E-state index in [1.165, 1.54) is 0 Å². The highest BCUT2D eigenvalue weighted by Crippen LogP contribution is 2.38. The average molecular weight is 301 g/mol. The smallest absolute Gasteiger partial charge is 0.225 e. The van der Waals surface area contributed by atoms with Crippen molar-refractivity contribution in [2.24, 2.45) is 5.92 Å². The highest BCUT2D eigenvalue weighted by atomic mass is 16.2. The van der Waals surface area contributed by atoms with Gasteiger partial charge in [-0.2, -0.15) is 0 Å². The van der Waals surface area contributed by atoms with E-state index in [4.69, 9.17) is 0 Å². The Morgan fingerprint density at radius 1 is 1.32 bits per heavy atom. The maximum atomic E-state index is 12.5. The van der Waals surface area contributed by atoms with Crippen LogP contribution in [0.25, 0.3) is 0 Å². The molecule has 0 aromatic carbocycles. The van der Waals surface area contributed by atoms with E-state index in [1.807, 2.05) is 26.8 Å². The standard InChI is InChI=1S/C18H27N3O/c1-14(2)17(22)21-10-5-8-18(21)9-11-20(13-18)12-16-7-4-6-15(3)19-16/h4,6-7,14H,5,8-13H2,1-3H3/t18-/m1/s1. The van der Waals surface area contributed by atoms with Crippen molar-refractivity contribution in [3.8, 4) is 0 Å². The zero-order chi connectivity index (χ0) is 15.7. The molecule has 2 saturated heterocycles. The molecule has 2 aliphatic heterocycles. The summed E-state index contributed by atoms with van der Waals surface area (Å²) < 4.78 is 0. The minimum Gasteiger partial charge on any atom is -0.335 e. The number of rotatable bonds is 3. The van der Waals surface area contributed by atoms with Crippen molar-refractivity contribution in [3.63, 3.8) is 0 Å². The van der Waals surface area contributed by atoms with Crippen molar-refractivity contribution in [2.45, 2.75) is 52.1 Å². The molecule has 2 aliphatic rings. The Morgan fingerprint density at radius 2 is 2.14 bits per heavy atom. The van der Waals surface area contributed by atoms with Crippen molar-refractivity contribution < 1.29 is 4.79 Å². The van der Waals surface area contributed by atoms with Gasteiger partial charge in [-0.15, -0.1) is 0 Å². The first-order chi connectivity index (χ1) is 10.5. The number of nitrogens with zero attached hydrogens (tertiary/aromatic N) is 3. The van der Waals surface area contributed by atoms with Gasteiger partial charge in [0.1, 0.15) is 0 Å². The lowest BCUT2D eigenvalue weighted by atomic mass is 9.94. The average Bonchev–Trinajstić information content (AvgIpc) is 3.06. The largest absolute Gasteiger partial charge is 0.335 e. The number of carbonyl (C=O) groups is 1. The molecule has 0 saturated carbocycles. The van der Waals surface area contributed by atoms with Crippen molar-refractivity contribution in [2.75, 3.05) is 19.6 Å². The number of aryl methyl sites for hydroxylation is 1. The van der Waals surface area contributed by atoms with Gasteiger partial charge in [0.15, 0.2) is 0 Å². The molecule has 120 valence electrons. The Kier molecular flexibility index (Phi) is 4.22. The molecular weight excluding hydrogens is 274 g/mol. The van der Waals surface area contributed by atoms with Crippen LogP contribution in [0.5, 0.6) is 0 Å². The predicted octanol–water partition coefficient (Wildman–Crippen LogP) is 2.61. The van der Waals surface area contributed by atoms with Crippen LogP contribution in [-0.4, -0.2) is 45.9 Å². The summed E-state index contributed by atoms with van der Waals surface area (Å²) in [6, 6.07) is 6.21. The molecule has 3 rings (SSSR count). The molecule has 4 heteroatoms. The van der Waals surface area contributed by atoms with Gasteiger partial charge < -0.3 is 4.90 Å². The van der Waals surface area contributed by atoms with Crippen molar-refractivity contribution in [1.29, 1.82) is 0 Å². The third-order valence-electron chi connectivity index (χ3n) is 5.10. The van der Waals surface area contributed by atoms with Gasteiger partial charge in [0.05, 0.1) is 11.2 Å². The summed E-state index contributed by atoms with van der Waals surface area (Å²) in [7, 11) is 0. The summed E-state index contributed by atoms with van der Waals surface area (Å²) in [6.45, 7) is 9.96. The lowest BCUT2D eigenvalue weighted by Crippen LogP contribution is -2.50. The fourth-order valence-electron chi connectivity index (χ4n) is 4.01. The molecule has 0 aliphatic carbocycles. The number of likely N-dealkylation sites (tertiary alicyclic amines) is 2. The van der Waals surface area contributed by atoms with E-state index in [-0.39, 0.29) is 11.5 Å². The van der Waals surface area contributed by atoms with Gasteiger partial charge in [0.2, 0.25) is 5.91 Å². The fourth-order valence-corrected chi connectivity index (χ4v) is 4.01. The van der Waals surface area contributed by atoms with Gasteiger partial charge in [-0.05, 0) is 38.3 Å². The second-order valence-electron chi connectivity index (χ2n) is 7.20. The summed E-state index contributed by atoms with van der Waals surface area (Å²) in [5.74, 6) is 0.426.